The molecule has 0 unspecified atom stereocenters. The Labute approximate surface area is 163 Å². The highest BCUT2D eigenvalue weighted by Gasteiger charge is 1.97. The van der Waals surface area contributed by atoms with Crippen LogP contribution in [0.4, 0.5) is 0 Å². The average molecular weight is 371 g/mol. The number of hydrogen-bond donors (Lipinski definition) is 1. The number of aliphatic hydroxyl groups is 1. The molecule has 3 rings (SSSR count). The van der Waals surface area contributed by atoms with E-state index in [4.69, 9.17) is 5.11 Å². The minimum Gasteiger partial charge on any atom is -0.466 e. The molecule has 0 aromatic heterocycles. The molecule has 0 bridgehead atoms. The Hall–Kier alpha value is -0.570. The van der Waals surface area contributed by atoms with Crippen LogP contribution in [0.2, 0.25) is 0 Å². The van der Waals surface area contributed by atoms with Crippen molar-refractivity contribution in [3.8, 4) is 0 Å². The van der Waals surface area contributed by atoms with Gasteiger partial charge >= 0.3 is 5.97 Å². The summed E-state index contributed by atoms with van der Waals surface area (Å²) in [6, 6.07) is 0. The van der Waals surface area contributed by atoms with Crippen molar-refractivity contribution in [3.05, 3.63) is 0 Å². The van der Waals surface area contributed by atoms with Gasteiger partial charge in [-0.3, -0.25) is 4.79 Å². The van der Waals surface area contributed by atoms with E-state index in [1.165, 1.54) is 116 Å². The van der Waals surface area contributed by atoms with E-state index in [0.717, 1.165) is 0 Å². The SMILES string of the molecule is C1CCCCC1.C1CCCCC1.C1CCCCC1.CCOC(=O)CCO. The number of carbonyl (C=O) groups excluding carboxylic acids is 1. The summed E-state index contributed by atoms with van der Waals surface area (Å²) < 4.78 is 4.48. The Balaban J connectivity index is 0.000000322. The van der Waals surface area contributed by atoms with Crippen molar-refractivity contribution >= 4 is 5.97 Å². The van der Waals surface area contributed by atoms with Gasteiger partial charge in [-0.05, 0) is 6.92 Å². The number of ether oxygens (including phenoxy) is 1. The molecule has 1 N–H and O–H groups in total. The molecule has 0 atom stereocenters. The van der Waals surface area contributed by atoms with Crippen LogP contribution in [-0.4, -0.2) is 24.3 Å². The van der Waals surface area contributed by atoms with Gasteiger partial charge in [-0.25, -0.2) is 0 Å². The largest absolute Gasteiger partial charge is 0.466 e. The molecule has 0 aliphatic heterocycles. The Morgan fingerprint density at radius 1 is 0.615 bits per heavy atom. The zero-order valence-electron chi connectivity index (χ0n) is 17.6. The first-order valence-corrected chi connectivity index (χ1v) is 11.6. The van der Waals surface area contributed by atoms with E-state index in [-0.39, 0.29) is 19.0 Å². The lowest BCUT2D eigenvalue weighted by Gasteiger charge is -2.05. The van der Waals surface area contributed by atoms with Gasteiger partial charge in [0, 0.05) is 0 Å². The molecule has 3 heteroatoms. The Bertz CT molecular complexity index is 196. The van der Waals surface area contributed by atoms with Gasteiger partial charge in [0.2, 0.25) is 0 Å². The molecule has 0 amide bonds. The van der Waals surface area contributed by atoms with Crippen molar-refractivity contribution in [2.24, 2.45) is 0 Å². The summed E-state index contributed by atoms with van der Waals surface area (Å²) in [6.07, 6.45) is 27.1. The van der Waals surface area contributed by atoms with Crippen LogP contribution in [0.15, 0.2) is 0 Å². The number of carbonyl (C=O) groups is 1. The number of hydrogen-bond acceptors (Lipinski definition) is 3. The Morgan fingerprint density at radius 3 is 1.00 bits per heavy atom. The molecule has 3 aliphatic carbocycles. The number of esters is 1. The maximum atomic E-state index is 10.3. The van der Waals surface area contributed by atoms with Crippen molar-refractivity contribution < 1.29 is 14.6 Å². The molecule has 156 valence electrons. The lowest BCUT2D eigenvalue weighted by molar-refractivity contribution is -0.143. The van der Waals surface area contributed by atoms with E-state index in [1.54, 1.807) is 6.92 Å². The second-order valence-electron chi connectivity index (χ2n) is 7.64. The summed E-state index contributed by atoms with van der Waals surface area (Å²) in [7, 11) is 0. The third kappa shape index (κ3) is 21.5. The normalized spacial score (nSPS) is 19.3. The zero-order valence-corrected chi connectivity index (χ0v) is 17.6. The molecule has 0 radical (unpaired) electrons. The first kappa shape index (κ1) is 25.4. The second kappa shape index (κ2) is 22.5. The third-order valence-electron chi connectivity index (χ3n) is 5.12. The van der Waals surface area contributed by atoms with Crippen molar-refractivity contribution in [2.45, 2.75) is 129 Å². The molecule has 0 aromatic rings. The summed E-state index contributed by atoms with van der Waals surface area (Å²) >= 11 is 0. The van der Waals surface area contributed by atoms with Crippen LogP contribution in [0.1, 0.15) is 129 Å². The van der Waals surface area contributed by atoms with Crippen molar-refractivity contribution in [1.29, 1.82) is 0 Å². The van der Waals surface area contributed by atoms with Gasteiger partial charge in [0.25, 0.3) is 0 Å². The van der Waals surface area contributed by atoms with Crippen molar-refractivity contribution in [3.63, 3.8) is 0 Å². The van der Waals surface area contributed by atoms with Crippen molar-refractivity contribution in [1.82, 2.24) is 0 Å². The highest BCUT2D eigenvalue weighted by Crippen LogP contribution is 2.16. The fourth-order valence-electron chi connectivity index (χ4n) is 3.51. The van der Waals surface area contributed by atoms with Gasteiger partial charge in [-0.2, -0.15) is 0 Å². The Kier molecular flexibility index (Phi) is 22.0. The van der Waals surface area contributed by atoms with Gasteiger partial charge in [0.1, 0.15) is 0 Å². The summed E-state index contributed by atoms with van der Waals surface area (Å²) in [5.41, 5.74) is 0. The maximum absolute atomic E-state index is 10.3. The van der Waals surface area contributed by atoms with E-state index < -0.39 is 0 Å². The van der Waals surface area contributed by atoms with Gasteiger partial charge in [0.15, 0.2) is 0 Å². The molecular weight excluding hydrogens is 324 g/mol. The van der Waals surface area contributed by atoms with Crippen molar-refractivity contribution in [2.75, 3.05) is 13.2 Å². The molecule has 0 saturated heterocycles. The van der Waals surface area contributed by atoms with Gasteiger partial charge in [-0.1, -0.05) is 116 Å². The van der Waals surface area contributed by atoms with E-state index in [1.807, 2.05) is 0 Å². The maximum Gasteiger partial charge on any atom is 0.308 e. The highest BCUT2D eigenvalue weighted by molar-refractivity contribution is 5.69. The molecule has 3 nitrogen and oxygen atoms in total. The first-order chi connectivity index (χ1) is 12.8. The first-order valence-electron chi connectivity index (χ1n) is 11.6. The summed E-state index contributed by atoms with van der Waals surface area (Å²) in [6.45, 7) is 1.99. The second-order valence-corrected chi connectivity index (χ2v) is 7.64. The predicted molar refractivity (Wildman–Crippen MR) is 111 cm³/mol. The monoisotopic (exact) mass is 370 g/mol. The molecule has 0 heterocycles. The van der Waals surface area contributed by atoms with E-state index >= 15 is 0 Å². The van der Waals surface area contributed by atoms with Crippen LogP contribution < -0.4 is 0 Å². The summed E-state index contributed by atoms with van der Waals surface area (Å²) in [5.74, 6) is -0.338. The molecule has 0 spiro atoms. The molecule has 3 fully saturated rings. The highest BCUT2D eigenvalue weighted by atomic mass is 16.5. The molecule has 0 aromatic carbocycles. The standard InChI is InChI=1S/3C6H12.C5H10O3/c3*1-2-4-6-5-3-1;1-2-8-5(7)3-4-6/h3*1-6H2;6H,2-4H2,1H3. The minimum atomic E-state index is -0.338. The van der Waals surface area contributed by atoms with Crippen LogP contribution in [0.3, 0.4) is 0 Å². The van der Waals surface area contributed by atoms with Crippen LogP contribution in [0, 0.1) is 0 Å². The molecular formula is C23H46O3. The lowest BCUT2D eigenvalue weighted by atomic mass is 10.0. The average Bonchev–Trinajstić information content (AvgIpc) is 2.74. The quantitative estimate of drug-likeness (QED) is 0.546. The number of aliphatic hydroxyl groups excluding tert-OH is 1. The van der Waals surface area contributed by atoms with Gasteiger partial charge in [-0.15, -0.1) is 0 Å². The van der Waals surface area contributed by atoms with Crippen LogP contribution in [0.25, 0.3) is 0 Å². The Morgan fingerprint density at radius 2 is 0.846 bits per heavy atom. The molecule has 3 aliphatic rings. The molecule has 26 heavy (non-hydrogen) atoms. The molecule has 3 saturated carbocycles. The minimum absolute atomic E-state index is 0.105. The van der Waals surface area contributed by atoms with Crippen LogP contribution in [0.5, 0.6) is 0 Å². The zero-order chi connectivity index (χ0) is 19.1. The van der Waals surface area contributed by atoms with Gasteiger partial charge in [0.05, 0.1) is 19.6 Å². The van der Waals surface area contributed by atoms with Gasteiger partial charge < -0.3 is 9.84 Å². The predicted octanol–water partition coefficient (Wildman–Crippen LogP) is 6.95. The summed E-state index contributed by atoms with van der Waals surface area (Å²) in [4.78, 5) is 10.3. The van der Waals surface area contributed by atoms with E-state index in [9.17, 15) is 4.79 Å². The number of rotatable bonds is 3. The third-order valence-corrected chi connectivity index (χ3v) is 5.12. The summed E-state index contributed by atoms with van der Waals surface area (Å²) in [5, 5.41) is 8.16. The fourth-order valence-corrected chi connectivity index (χ4v) is 3.51. The van der Waals surface area contributed by atoms with E-state index in [2.05, 4.69) is 4.74 Å². The van der Waals surface area contributed by atoms with Crippen LogP contribution >= 0.6 is 0 Å². The van der Waals surface area contributed by atoms with Crippen LogP contribution in [-0.2, 0) is 9.53 Å². The lowest BCUT2D eigenvalue weighted by Crippen LogP contribution is -2.05. The fraction of sp³-hybridized carbons (Fsp3) is 0.957. The topological polar surface area (TPSA) is 46.5 Å². The van der Waals surface area contributed by atoms with E-state index in [0.29, 0.717) is 6.61 Å². The smallest absolute Gasteiger partial charge is 0.308 e.